The van der Waals surface area contributed by atoms with Gasteiger partial charge in [0.15, 0.2) is 0 Å². The Kier molecular flexibility index (Phi) is 6.95. The number of aryl methyl sites for hydroxylation is 1. The monoisotopic (exact) mass is 389 g/mol. The van der Waals surface area contributed by atoms with E-state index in [0.717, 1.165) is 11.3 Å². The minimum Gasteiger partial charge on any atom is -0.493 e. The SMILES string of the molecule is Cc1ccccc1OCCCC(=O)Nc1ccccc1NC(=O)c1cccnc1. The maximum absolute atomic E-state index is 12.3. The molecule has 0 aliphatic heterocycles. The molecule has 0 atom stereocenters. The van der Waals surface area contributed by atoms with Gasteiger partial charge in [-0.2, -0.15) is 0 Å². The normalized spacial score (nSPS) is 10.2. The molecule has 0 saturated carbocycles. The lowest BCUT2D eigenvalue weighted by atomic mass is 10.2. The number of nitrogens with one attached hydrogen (secondary N) is 2. The lowest BCUT2D eigenvalue weighted by molar-refractivity contribution is -0.116. The highest BCUT2D eigenvalue weighted by Crippen LogP contribution is 2.22. The van der Waals surface area contributed by atoms with Crippen LogP contribution < -0.4 is 15.4 Å². The number of anilines is 2. The third-order valence-corrected chi connectivity index (χ3v) is 4.27. The van der Waals surface area contributed by atoms with Crippen LogP contribution in [0.25, 0.3) is 0 Å². The van der Waals surface area contributed by atoms with Crippen molar-refractivity contribution < 1.29 is 14.3 Å². The first-order valence-electron chi connectivity index (χ1n) is 9.42. The fourth-order valence-electron chi connectivity index (χ4n) is 2.74. The van der Waals surface area contributed by atoms with Crippen LogP contribution in [-0.4, -0.2) is 23.4 Å². The summed E-state index contributed by atoms with van der Waals surface area (Å²) in [7, 11) is 0. The maximum atomic E-state index is 12.3. The van der Waals surface area contributed by atoms with Crippen molar-refractivity contribution in [2.75, 3.05) is 17.2 Å². The van der Waals surface area contributed by atoms with Gasteiger partial charge >= 0.3 is 0 Å². The van der Waals surface area contributed by atoms with Crippen molar-refractivity contribution in [2.24, 2.45) is 0 Å². The van der Waals surface area contributed by atoms with Crippen LogP contribution in [0.3, 0.4) is 0 Å². The quantitative estimate of drug-likeness (QED) is 0.558. The van der Waals surface area contributed by atoms with Gasteiger partial charge in [-0.15, -0.1) is 0 Å². The fraction of sp³-hybridized carbons (Fsp3) is 0.174. The Bertz CT molecular complexity index is 974. The highest BCUT2D eigenvalue weighted by atomic mass is 16.5. The van der Waals surface area contributed by atoms with E-state index in [9.17, 15) is 9.59 Å². The highest BCUT2D eigenvalue weighted by Gasteiger charge is 2.11. The summed E-state index contributed by atoms with van der Waals surface area (Å²) in [4.78, 5) is 28.6. The Morgan fingerprint density at radius 2 is 1.66 bits per heavy atom. The number of amides is 2. The number of aromatic nitrogens is 1. The molecule has 0 saturated heterocycles. The molecular weight excluding hydrogens is 366 g/mol. The summed E-state index contributed by atoms with van der Waals surface area (Å²) in [5, 5.41) is 5.66. The topological polar surface area (TPSA) is 80.3 Å². The summed E-state index contributed by atoms with van der Waals surface area (Å²) in [6, 6.07) is 18.2. The van der Waals surface area contributed by atoms with Gasteiger partial charge in [0.1, 0.15) is 5.75 Å². The number of para-hydroxylation sites is 3. The smallest absolute Gasteiger partial charge is 0.257 e. The molecule has 0 spiro atoms. The van der Waals surface area contributed by atoms with E-state index in [1.165, 1.54) is 6.20 Å². The van der Waals surface area contributed by atoms with E-state index in [1.54, 1.807) is 42.6 Å². The molecule has 2 N–H and O–H groups in total. The molecule has 6 nitrogen and oxygen atoms in total. The van der Waals surface area contributed by atoms with E-state index in [4.69, 9.17) is 4.74 Å². The molecular formula is C23H23N3O3. The molecule has 2 aromatic carbocycles. The zero-order chi connectivity index (χ0) is 20.5. The molecule has 3 aromatic rings. The predicted molar refractivity (Wildman–Crippen MR) is 113 cm³/mol. The van der Waals surface area contributed by atoms with Crippen LogP contribution in [0.1, 0.15) is 28.8 Å². The van der Waals surface area contributed by atoms with Crippen molar-refractivity contribution in [2.45, 2.75) is 19.8 Å². The molecule has 0 bridgehead atoms. The molecule has 2 amide bonds. The first-order chi connectivity index (χ1) is 14.1. The summed E-state index contributed by atoms with van der Waals surface area (Å²) < 4.78 is 5.72. The molecule has 29 heavy (non-hydrogen) atoms. The summed E-state index contributed by atoms with van der Waals surface area (Å²) >= 11 is 0. The minimum absolute atomic E-state index is 0.138. The zero-order valence-corrected chi connectivity index (χ0v) is 16.2. The Hall–Kier alpha value is -3.67. The number of hydrogen-bond donors (Lipinski definition) is 2. The van der Waals surface area contributed by atoms with Crippen LogP contribution in [0.15, 0.2) is 73.1 Å². The Morgan fingerprint density at radius 3 is 2.38 bits per heavy atom. The second kappa shape index (κ2) is 10.0. The summed E-state index contributed by atoms with van der Waals surface area (Å²) in [6.07, 6.45) is 4.00. The number of ether oxygens (including phenoxy) is 1. The molecule has 1 aromatic heterocycles. The van der Waals surface area contributed by atoms with Crippen molar-refractivity contribution in [3.63, 3.8) is 0 Å². The average molecular weight is 389 g/mol. The molecule has 0 fully saturated rings. The molecule has 1 heterocycles. The second-order valence-corrected chi connectivity index (χ2v) is 6.51. The summed E-state index contributed by atoms with van der Waals surface area (Å²) in [6.45, 7) is 2.44. The van der Waals surface area contributed by atoms with E-state index < -0.39 is 0 Å². The van der Waals surface area contributed by atoms with E-state index in [-0.39, 0.29) is 11.8 Å². The van der Waals surface area contributed by atoms with E-state index in [0.29, 0.717) is 36.4 Å². The third-order valence-electron chi connectivity index (χ3n) is 4.27. The van der Waals surface area contributed by atoms with Gasteiger partial charge in [-0.25, -0.2) is 0 Å². The van der Waals surface area contributed by atoms with Gasteiger partial charge < -0.3 is 15.4 Å². The number of rotatable bonds is 8. The van der Waals surface area contributed by atoms with Gasteiger partial charge in [0.2, 0.25) is 5.91 Å². The van der Waals surface area contributed by atoms with Crippen molar-refractivity contribution in [3.8, 4) is 5.75 Å². The van der Waals surface area contributed by atoms with E-state index in [1.807, 2.05) is 31.2 Å². The van der Waals surface area contributed by atoms with Crippen molar-refractivity contribution in [1.82, 2.24) is 4.98 Å². The van der Waals surface area contributed by atoms with Crippen LogP contribution in [0.5, 0.6) is 5.75 Å². The average Bonchev–Trinajstić information content (AvgIpc) is 2.74. The molecule has 0 radical (unpaired) electrons. The molecule has 148 valence electrons. The number of carbonyl (C=O) groups excluding carboxylic acids is 2. The maximum Gasteiger partial charge on any atom is 0.257 e. The standard InChI is InChI=1S/C23H23N3O3/c1-17-8-2-5-12-21(17)29-15-7-13-22(27)25-19-10-3-4-11-20(19)26-23(28)18-9-6-14-24-16-18/h2-6,8-12,14,16H,7,13,15H2,1H3,(H,25,27)(H,26,28). The van der Waals surface area contributed by atoms with Crippen LogP contribution >= 0.6 is 0 Å². The van der Waals surface area contributed by atoms with E-state index >= 15 is 0 Å². The summed E-state index contributed by atoms with van der Waals surface area (Å²) in [5.74, 6) is 0.407. The van der Waals surface area contributed by atoms with Crippen LogP contribution in [0, 0.1) is 6.92 Å². The van der Waals surface area contributed by atoms with Crippen LogP contribution in [-0.2, 0) is 4.79 Å². The highest BCUT2D eigenvalue weighted by molar-refractivity contribution is 6.07. The number of benzene rings is 2. The number of carbonyl (C=O) groups is 2. The van der Waals surface area contributed by atoms with Crippen molar-refractivity contribution >= 4 is 23.2 Å². The second-order valence-electron chi connectivity index (χ2n) is 6.51. The van der Waals surface area contributed by atoms with Crippen LogP contribution in [0.2, 0.25) is 0 Å². The first kappa shape index (κ1) is 20.1. The lowest BCUT2D eigenvalue weighted by Gasteiger charge is -2.12. The fourth-order valence-corrected chi connectivity index (χ4v) is 2.74. The van der Waals surface area contributed by atoms with Gasteiger partial charge in [0, 0.05) is 18.8 Å². The van der Waals surface area contributed by atoms with Gasteiger partial charge in [-0.05, 0) is 49.2 Å². The molecule has 6 heteroatoms. The Morgan fingerprint density at radius 1 is 0.931 bits per heavy atom. The van der Waals surface area contributed by atoms with Gasteiger partial charge in [0.25, 0.3) is 5.91 Å². The Balaban J connectivity index is 1.51. The minimum atomic E-state index is -0.286. The molecule has 3 rings (SSSR count). The number of hydrogen-bond acceptors (Lipinski definition) is 4. The molecule has 0 aliphatic rings. The van der Waals surface area contributed by atoms with Gasteiger partial charge in [0.05, 0.1) is 23.5 Å². The van der Waals surface area contributed by atoms with Crippen molar-refractivity contribution in [3.05, 3.63) is 84.2 Å². The summed E-state index contributed by atoms with van der Waals surface area (Å²) in [5.41, 5.74) is 2.60. The number of nitrogens with zero attached hydrogens (tertiary/aromatic N) is 1. The van der Waals surface area contributed by atoms with E-state index in [2.05, 4.69) is 15.6 Å². The molecule has 0 aliphatic carbocycles. The third kappa shape index (κ3) is 5.90. The zero-order valence-electron chi connectivity index (χ0n) is 16.2. The van der Waals surface area contributed by atoms with Crippen LogP contribution in [0.4, 0.5) is 11.4 Å². The lowest BCUT2D eigenvalue weighted by Crippen LogP contribution is -2.17. The first-order valence-corrected chi connectivity index (χ1v) is 9.42. The van der Waals surface area contributed by atoms with Crippen molar-refractivity contribution in [1.29, 1.82) is 0 Å². The number of pyridine rings is 1. The molecule has 0 unspecified atom stereocenters. The van der Waals surface area contributed by atoms with Gasteiger partial charge in [-0.1, -0.05) is 30.3 Å². The predicted octanol–water partition coefficient (Wildman–Crippen LogP) is 4.44. The Labute approximate surface area is 169 Å². The largest absolute Gasteiger partial charge is 0.493 e. The van der Waals surface area contributed by atoms with Gasteiger partial charge in [-0.3, -0.25) is 14.6 Å².